The number of fused-ring (bicyclic) bond motifs is 2. The van der Waals surface area contributed by atoms with Crippen LogP contribution in [0.4, 0.5) is 0 Å². The predicted molar refractivity (Wildman–Crippen MR) is 70.2 cm³/mol. The number of allylic oxidation sites excluding steroid dienone is 1. The van der Waals surface area contributed by atoms with Gasteiger partial charge in [0.15, 0.2) is 0 Å². The lowest BCUT2D eigenvalue weighted by Gasteiger charge is -2.46. The second-order valence-corrected chi connectivity index (χ2v) is 6.50. The zero-order valence-electron chi connectivity index (χ0n) is 11.6. The molecular formula is C15H24O3. The van der Waals surface area contributed by atoms with E-state index < -0.39 is 11.6 Å². The Kier molecular flexibility index (Phi) is 3.30. The van der Waals surface area contributed by atoms with Crippen LogP contribution in [-0.4, -0.2) is 21.8 Å². The van der Waals surface area contributed by atoms with Gasteiger partial charge >= 0.3 is 5.97 Å². The van der Waals surface area contributed by atoms with Crippen LogP contribution in [0.5, 0.6) is 0 Å². The van der Waals surface area contributed by atoms with Crippen molar-refractivity contribution >= 4 is 5.97 Å². The van der Waals surface area contributed by atoms with Crippen molar-refractivity contribution in [2.24, 2.45) is 17.3 Å². The molecule has 0 aromatic heterocycles. The van der Waals surface area contributed by atoms with Crippen molar-refractivity contribution in [1.82, 2.24) is 0 Å². The minimum absolute atomic E-state index is 0.0504. The zero-order chi connectivity index (χ0) is 13.6. The number of carboxylic acids is 1. The van der Waals surface area contributed by atoms with Crippen LogP contribution in [0.1, 0.15) is 52.9 Å². The van der Waals surface area contributed by atoms with Gasteiger partial charge in [-0.3, -0.25) is 0 Å². The van der Waals surface area contributed by atoms with Crippen LogP contribution in [0, 0.1) is 17.3 Å². The summed E-state index contributed by atoms with van der Waals surface area (Å²) < 4.78 is 0. The van der Waals surface area contributed by atoms with Crippen LogP contribution < -0.4 is 0 Å². The molecular weight excluding hydrogens is 228 g/mol. The minimum Gasteiger partial charge on any atom is -0.478 e. The Hall–Kier alpha value is -0.830. The number of aliphatic hydroxyl groups is 1. The Morgan fingerprint density at radius 2 is 1.94 bits per heavy atom. The number of hydrogen-bond acceptors (Lipinski definition) is 2. The van der Waals surface area contributed by atoms with E-state index >= 15 is 0 Å². The van der Waals surface area contributed by atoms with Gasteiger partial charge in [0, 0.05) is 5.57 Å². The Morgan fingerprint density at radius 3 is 2.44 bits per heavy atom. The second-order valence-electron chi connectivity index (χ2n) is 6.50. The third-order valence-electron chi connectivity index (χ3n) is 5.74. The fourth-order valence-corrected chi connectivity index (χ4v) is 4.08. The SMILES string of the molecule is C/C(=C\CC[C@]1(C)[C@@H]2CC[C@@H](C2)[C@@]1(C)O)C(=O)O. The maximum atomic E-state index is 10.7. The smallest absolute Gasteiger partial charge is 0.330 e. The van der Waals surface area contributed by atoms with E-state index in [2.05, 4.69) is 6.92 Å². The van der Waals surface area contributed by atoms with Crippen molar-refractivity contribution in [3.05, 3.63) is 11.6 Å². The summed E-state index contributed by atoms with van der Waals surface area (Å²) in [4.78, 5) is 10.7. The molecule has 3 heteroatoms. The molecule has 4 atom stereocenters. The molecule has 18 heavy (non-hydrogen) atoms. The van der Waals surface area contributed by atoms with Crippen LogP contribution >= 0.6 is 0 Å². The molecule has 2 saturated carbocycles. The quantitative estimate of drug-likeness (QED) is 0.756. The monoisotopic (exact) mass is 252 g/mol. The first-order valence-electron chi connectivity index (χ1n) is 6.91. The minimum atomic E-state index is -0.847. The topological polar surface area (TPSA) is 57.5 Å². The van der Waals surface area contributed by atoms with Crippen LogP contribution in [0.2, 0.25) is 0 Å². The second kappa shape index (κ2) is 4.37. The summed E-state index contributed by atoms with van der Waals surface area (Å²) in [5, 5.41) is 19.6. The summed E-state index contributed by atoms with van der Waals surface area (Å²) in [5.74, 6) is 0.202. The molecule has 2 N–H and O–H groups in total. The molecule has 0 aromatic rings. The molecule has 102 valence electrons. The number of carbonyl (C=O) groups is 1. The highest BCUT2D eigenvalue weighted by Crippen LogP contribution is 2.63. The molecule has 0 heterocycles. The summed E-state index contributed by atoms with van der Waals surface area (Å²) >= 11 is 0. The molecule has 2 fully saturated rings. The van der Waals surface area contributed by atoms with E-state index in [1.165, 1.54) is 6.42 Å². The van der Waals surface area contributed by atoms with Crippen molar-refractivity contribution in [3.63, 3.8) is 0 Å². The molecule has 0 radical (unpaired) electrons. The Bertz CT molecular complexity index is 383. The number of rotatable bonds is 4. The maximum absolute atomic E-state index is 10.7. The van der Waals surface area contributed by atoms with Gasteiger partial charge in [-0.05, 0) is 63.2 Å². The lowest BCUT2D eigenvalue weighted by molar-refractivity contribution is -0.132. The van der Waals surface area contributed by atoms with Gasteiger partial charge in [0.2, 0.25) is 0 Å². The third kappa shape index (κ3) is 1.89. The van der Waals surface area contributed by atoms with Crippen LogP contribution in [0.15, 0.2) is 11.6 Å². The third-order valence-corrected chi connectivity index (χ3v) is 5.74. The van der Waals surface area contributed by atoms with Crippen molar-refractivity contribution in [2.75, 3.05) is 0 Å². The zero-order valence-corrected chi connectivity index (χ0v) is 11.6. The standard InChI is InChI=1S/C15H24O3/c1-10(13(16)17)5-4-8-14(2)11-6-7-12(9-11)15(14,3)18/h5,11-12,18H,4,6-9H2,1-3H3,(H,16,17)/b10-5+/t11-,12+,14-,15-/m1/s1. The van der Waals surface area contributed by atoms with Gasteiger partial charge in [-0.25, -0.2) is 4.79 Å². The lowest BCUT2D eigenvalue weighted by Crippen LogP contribution is -2.48. The first-order valence-corrected chi connectivity index (χ1v) is 6.91. The molecule has 2 aliphatic rings. The summed E-state index contributed by atoms with van der Waals surface area (Å²) in [5.41, 5.74) is -0.229. The first kappa shape index (κ1) is 13.6. The molecule has 0 amide bonds. The van der Waals surface area contributed by atoms with E-state index in [-0.39, 0.29) is 5.41 Å². The summed E-state index contributed by atoms with van der Waals surface area (Å²) in [6.45, 7) is 5.79. The average Bonchev–Trinajstić information content (AvgIpc) is 2.82. The highest BCUT2D eigenvalue weighted by Gasteiger charge is 2.61. The van der Waals surface area contributed by atoms with E-state index in [1.54, 1.807) is 13.0 Å². The number of aliphatic carboxylic acids is 1. The normalized spacial score (nSPS) is 43.4. The molecule has 2 aliphatic carbocycles. The van der Waals surface area contributed by atoms with Gasteiger partial charge in [0.25, 0.3) is 0 Å². The van der Waals surface area contributed by atoms with E-state index in [1.807, 2.05) is 6.92 Å². The molecule has 3 nitrogen and oxygen atoms in total. The summed E-state index contributed by atoms with van der Waals surface area (Å²) in [6.07, 6.45) is 6.93. The highest BCUT2D eigenvalue weighted by atomic mass is 16.4. The Morgan fingerprint density at radius 1 is 1.33 bits per heavy atom. The van der Waals surface area contributed by atoms with Crippen LogP contribution in [0.25, 0.3) is 0 Å². The number of carboxylic acid groups (broad SMARTS) is 1. The molecule has 0 saturated heterocycles. The van der Waals surface area contributed by atoms with Crippen molar-refractivity contribution < 1.29 is 15.0 Å². The van der Waals surface area contributed by atoms with E-state index in [9.17, 15) is 9.90 Å². The molecule has 0 aliphatic heterocycles. The lowest BCUT2D eigenvalue weighted by atomic mass is 9.63. The van der Waals surface area contributed by atoms with E-state index in [4.69, 9.17) is 5.11 Å². The van der Waals surface area contributed by atoms with Crippen molar-refractivity contribution in [2.45, 2.75) is 58.5 Å². The van der Waals surface area contributed by atoms with Gasteiger partial charge in [-0.15, -0.1) is 0 Å². The van der Waals surface area contributed by atoms with Crippen LogP contribution in [0.3, 0.4) is 0 Å². The van der Waals surface area contributed by atoms with E-state index in [0.717, 1.165) is 25.7 Å². The summed E-state index contributed by atoms with van der Waals surface area (Å²) in [6, 6.07) is 0. The molecule has 2 rings (SSSR count). The summed E-state index contributed by atoms with van der Waals surface area (Å²) in [7, 11) is 0. The van der Waals surface area contributed by atoms with Gasteiger partial charge in [-0.2, -0.15) is 0 Å². The molecule has 0 spiro atoms. The molecule has 2 bridgehead atoms. The number of hydrogen-bond donors (Lipinski definition) is 2. The fraction of sp³-hybridized carbons (Fsp3) is 0.800. The predicted octanol–water partition coefficient (Wildman–Crippen LogP) is 2.98. The highest BCUT2D eigenvalue weighted by molar-refractivity contribution is 5.85. The molecule has 0 aromatic carbocycles. The average molecular weight is 252 g/mol. The maximum Gasteiger partial charge on any atom is 0.330 e. The van der Waals surface area contributed by atoms with E-state index in [0.29, 0.717) is 17.4 Å². The largest absolute Gasteiger partial charge is 0.478 e. The van der Waals surface area contributed by atoms with Crippen molar-refractivity contribution in [1.29, 1.82) is 0 Å². The molecule has 0 unspecified atom stereocenters. The van der Waals surface area contributed by atoms with Crippen LogP contribution in [-0.2, 0) is 4.79 Å². The van der Waals surface area contributed by atoms with Crippen molar-refractivity contribution in [3.8, 4) is 0 Å². The Labute approximate surface area is 109 Å². The fourth-order valence-electron chi connectivity index (χ4n) is 4.08. The van der Waals surface area contributed by atoms with Gasteiger partial charge in [0.05, 0.1) is 5.60 Å². The van der Waals surface area contributed by atoms with Gasteiger partial charge < -0.3 is 10.2 Å². The van der Waals surface area contributed by atoms with Gasteiger partial charge in [0.1, 0.15) is 0 Å². The Balaban J connectivity index is 2.04. The van der Waals surface area contributed by atoms with Gasteiger partial charge in [-0.1, -0.05) is 13.0 Å². The first-order chi connectivity index (χ1) is 8.29.